The summed E-state index contributed by atoms with van der Waals surface area (Å²) in [5.41, 5.74) is 1.12. The average Bonchev–Trinajstić information content (AvgIpc) is 2.63. The first-order valence-electron chi connectivity index (χ1n) is 4.45. The Balaban J connectivity index is 0.000000140. The van der Waals surface area contributed by atoms with Gasteiger partial charge >= 0.3 is 0 Å². The fourth-order valence-electron chi connectivity index (χ4n) is 1.01. The SMILES string of the molecule is Cc1cnc(C)[nH]1.Cc1cnc(C)o1. The van der Waals surface area contributed by atoms with Gasteiger partial charge in [-0.05, 0) is 20.8 Å². The van der Waals surface area contributed by atoms with E-state index in [0.717, 1.165) is 23.2 Å². The van der Waals surface area contributed by atoms with Gasteiger partial charge in [0.2, 0.25) is 0 Å². The summed E-state index contributed by atoms with van der Waals surface area (Å²) in [5, 5.41) is 0. The number of aromatic amines is 1. The van der Waals surface area contributed by atoms with Crippen molar-refractivity contribution in [2.75, 3.05) is 0 Å². The smallest absolute Gasteiger partial charge is 0.191 e. The monoisotopic (exact) mass is 193 g/mol. The lowest BCUT2D eigenvalue weighted by Gasteiger charge is -1.74. The molecule has 0 atom stereocenters. The van der Waals surface area contributed by atoms with Gasteiger partial charge in [0.25, 0.3) is 0 Å². The normalized spacial score (nSPS) is 9.43. The van der Waals surface area contributed by atoms with Crippen LogP contribution >= 0.6 is 0 Å². The molecule has 0 aliphatic heterocycles. The highest BCUT2D eigenvalue weighted by atomic mass is 16.3. The maximum absolute atomic E-state index is 4.97. The van der Waals surface area contributed by atoms with Gasteiger partial charge in [0.05, 0.1) is 6.20 Å². The molecule has 4 nitrogen and oxygen atoms in total. The van der Waals surface area contributed by atoms with Crippen molar-refractivity contribution in [1.29, 1.82) is 0 Å². The maximum Gasteiger partial charge on any atom is 0.191 e. The van der Waals surface area contributed by atoms with Crippen LogP contribution in [0.2, 0.25) is 0 Å². The van der Waals surface area contributed by atoms with Crippen LogP contribution in [0.5, 0.6) is 0 Å². The Morgan fingerprint density at radius 2 is 1.79 bits per heavy atom. The highest BCUT2D eigenvalue weighted by Gasteiger charge is 1.87. The number of imidazole rings is 1. The number of rotatable bonds is 0. The molecule has 0 saturated heterocycles. The van der Waals surface area contributed by atoms with E-state index in [4.69, 9.17) is 4.42 Å². The quantitative estimate of drug-likeness (QED) is 0.698. The van der Waals surface area contributed by atoms with Crippen LogP contribution in [0.3, 0.4) is 0 Å². The zero-order valence-corrected chi connectivity index (χ0v) is 8.96. The Morgan fingerprint density at radius 1 is 1.07 bits per heavy atom. The molecule has 0 bridgehead atoms. The molecule has 4 heteroatoms. The van der Waals surface area contributed by atoms with Crippen molar-refractivity contribution in [3.63, 3.8) is 0 Å². The lowest BCUT2D eigenvalue weighted by Crippen LogP contribution is -1.70. The first-order valence-corrected chi connectivity index (χ1v) is 4.45. The standard InChI is InChI=1S/C5H8N2.C5H7NO/c2*1-4-3-6-5(2)7-4/h3H,1-2H3,(H,6,7);3H,1-2H3. The molecular weight excluding hydrogens is 178 g/mol. The molecule has 0 aliphatic carbocycles. The van der Waals surface area contributed by atoms with Gasteiger partial charge in [-0.3, -0.25) is 0 Å². The number of aryl methyl sites for hydroxylation is 4. The molecule has 0 spiro atoms. The maximum atomic E-state index is 4.97. The molecule has 76 valence electrons. The predicted molar refractivity (Wildman–Crippen MR) is 54.0 cm³/mol. The predicted octanol–water partition coefficient (Wildman–Crippen LogP) is 2.32. The summed E-state index contributed by atoms with van der Waals surface area (Å²) < 4.78 is 4.97. The van der Waals surface area contributed by atoms with E-state index < -0.39 is 0 Å². The number of oxazole rings is 1. The molecule has 1 N–H and O–H groups in total. The number of hydrogen-bond acceptors (Lipinski definition) is 3. The average molecular weight is 193 g/mol. The van der Waals surface area contributed by atoms with Crippen LogP contribution < -0.4 is 0 Å². The van der Waals surface area contributed by atoms with Gasteiger partial charge in [0.15, 0.2) is 5.89 Å². The molecule has 0 aliphatic rings. The topological polar surface area (TPSA) is 54.7 Å². The molecule has 0 aromatic carbocycles. The van der Waals surface area contributed by atoms with Crippen LogP contribution in [-0.2, 0) is 0 Å². The molecule has 2 aromatic rings. The molecule has 0 unspecified atom stereocenters. The van der Waals surface area contributed by atoms with Crippen LogP contribution in [0.25, 0.3) is 0 Å². The molecule has 2 heterocycles. The van der Waals surface area contributed by atoms with Gasteiger partial charge in [0, 0.05) is 18.8 Å². The highest BCUT2D eigenvalue weighted by molar-refractivity contribution is 4.95. The van der Waals surface area contributed by atoms with Crippen molar-refractivity contribution in [2.24, 2.45) is 0 Å². The summed E-state index contributed by atoms with van der Waals surface area (Å²) in [5.74, 6) is 2.59. The fourth-order valence-corrected chi connectivity index (χ4v) is 1.01. The largest absolute Gasteiger partial charge is 0.446 e. The minimum Gasteiger partial charge on any atom is -0.446 e. The lowest BCUT2D eigenvalue weighted by molar-refractivity contribution is 0.494. The number of H-pyrrole nitrogens is 1. The number of hydrogen-bond donors (Lipinski definition) is 1. The van der Waals surface area contributed by atoms with Gasteiger partial charge in [-0.2, -0.15) is 0 Å². The van der Waals surface area contributed by atoms with Crippen LogP contribution in [0.1, 0.15) is 23.2 Å². The van der Waals surface area contributed by atoms with E-state index in [0.29, 0.717) is 0 Å². The second-order valence-electron chi connectivity index (χ2n) is 3.14. The van der Waals surface area contributed by atoms with Crippen molar-refractivity contribution < 1.29 is 4.42 Å². The van der Waals surface area contributed by atoms with E-state index in [9.17, 15) is 0 Å². The minimum absolute atomic E-state index is 0.734. The fraction of sp³-hybridized carbons (Fsp3) is 0.400. The van der Waals surface area contributed by atoms with Crippen molar-refractivity contribution >= 4 is 0 Å². The van der Waals surface area contributed by atoms with Gasteiger partial charge in [-0.15, -0.1) is 0 Å². The zero-order valence-electron chi connectivity index (χ0n) is 8.96. The third kappa shape index (κ3) is 3.43. The van der Waals surface area contributed by atoms with Crippen molar-refractivity contribution in [2.45, 2.75) is 27.7 Å². The van der Waals surface area contributed by atoms with Crippen LogP contribution in [-0.4, -0.2) is 15.0 Å². The number of nitrogens with one attached hydrogen (secondary N) is 1. The summed E-state index contributed by atoms with van der Waals surface area (Å²) >= 11 is 0. The second-order valence-corrected chi connectivity index (χ2v) is 3.14. The molecular formula is C10H15N3O. The van der Waals surface area contributed by atoms with Crippen LogP contribution in [0.15, 0.2) is 16.8 Å². The highest BCUT2D eigenvalue weighted by Crippen LogP contribution is 1.97. The van der Waals surface area contributed by atoms with Crippen molar-refractivity contribution in [3.05, 3.63) is 35.6 Å². The zero-order chi connectivity index (χ0) is 10.6. The Bertz CT molecular complexity index is 318. The van der Waals surface area contributed by atoms with E-state index in [1.165, 1.54) is 0 Å². The number of aromatic nitrogens is 3. The second kappa shape index (κ2) is 4.60. The number of nitrogens with zero attached hydrogens (tertiary/aromatic N) is 2. The molecule has 0 amide bonds. The van der Waals surface area contributed by atoms with E-state index in [1.54, 1.807) is 6.20 Å². The molecule has 0 radical (unpaired) electrons. The summed E-state index contributed by atoms with van der Waals surface area (Å²) in [6.45, 7) is 7.62. The molecule has 0 saturated carbocycles. The van der Waals surface area contributed by atoms with E-state index in [1.807, 2.05) is 33.9 Å². The third-order valence-corrected chi connectivity index (χ3v) is 1.57. The summed E-state index contributed by atoms with van der Waals surface area (Å²) in [7, 11) is 0. The lowest BCUT2D eigenvalue weighted by atomic mass is 10.6. The molecule has 14 heavy (non-hydrogen) atoms. The van der Waals surface area contributed by atoms with Crippen molar-refractivity contribution in [1.82, 2.24) is 15.0 Å². The Morgan fingerprint density at radius 3 is 1.93 bits per heavy atom. The van der Waals surface area contributed by atoms with E-state index in [-0.39, 0.29) is 0 Å². The molecule has 2 aromatic heterocycles. The third-order valence-electron chi connectivity index (χ3n) is 1.57. The van der Waals surface area contributed by atoms with Gasteiger partial charge in [0.1, 0.15) is 11.6 Å². The minimum atomic E-state index is 0.734. The van der Waals surface area contributed by atoms with Crippen LogP contribution in [0, 0.1) is 27.7 Å². The Labute approximate surface area is 83.4 Å². The van der Waals surface area contributed by atoms with Gasteiger partial charge < -0.3 is 9.40 Å². The Kier molecular flexibility index (Phi) is 3.45. The first-order chi connectivity index (χ1) is 6.58. The summed E-state index contributed by atoms with van der Waals surface area (Å²) in [4.78, 5) is 10.8. The summed E-state index contributed by atoms with van der Waals surface area (Å²) in [6.07, 6.45) is 3.52. The van der Waals surface area contributed by atoms with Crippen molar-refractivity contribution in [3.8, 4) is 0 Å². The van der Waals surface area contributed by atoms with E-state index in [2.05, 4.69) is 15.0 Å². The molecule has 0 fully saturated rings. The van der Waals surface area contributed by atoms with E-state index >= 15 is 0 Å². The molecule has 2 rings (SSSR count). The summed E-state index contributed by atoms with van der Waals surface area (Å²) in [6, 6.07) is 0. The first kappa shape index (κ1) is 10.5. The van der Waals surface area contributed by atoms with Crippen LogP contribution in [0.4, 0.5) is 0 Å². The van der Waals surface area contributed by atoms with Gasteiger partial charge in [-0.25, -0.2) is 9.97 Å². The van der Waals surface area contributed by atoms with Gasteiger partial charge in [-0.1, -0.05) is 0 Å². The Hall–Kier alpha value is -1.58.